The summed E-state index contributed by atoms with van der Waals surface area (Å²) in [5, 5.41) is 12.8. The van der Waals surface area contributed by atoms with Gasteiger partial charge in [-0.2, -0.15) is 0 Å². The summed E-state index contributed by atoms with van der Waals surface area (Å²) in [7, 11) is 0. The molecule has 34 heavy (non-hydrogen) atoms. The zero-order chi connectivity index (χ0) is 23.2. The molecule has 7 nitrogen and oxygen atoms in total. The number of nitrogens with zero attached hydrogens (tertiary/aromatic N) is 3. The number of thioether (sulfide) groups is 1. The maximum Gasteiger partial charge on any atom is 0.278 e. The summed E-state index contributed by atoms with van der Waals surface area (Å²) < 4.78 is 7.37. The first-order valence-electron chi connectivity index (χ1n) is 11.5. The number of hydrogen-bond acceptors (Lipinski definition) is 6. The number of pyridine rings is 1. The van der Waals surface area contributed by atoms with Gasteiger partial charge in [0.15, 0.2) is 11.4 Å². The maximum atomic E-state index is 13.6. The lowest BCUT2D eigenvalue weighted by molar-refractivity contribution is 0.00984. The molecule has 6 rings (SSSR count). The summed E-state index contributed by atoms with van der Waals surface area (Å²) in [5.41, 5.74) is 2.97. The van der Waals surface area contributed by atoms with Gasteiger partial charge in [0.05, 0.1) is 18.7 Å². The van der Waals surface area contributed by atoms with Gasteiger partial charge >= 0.3 is 0 Å². The molecule has 1 N–H and O–H groups in total. The van der Waals surface area contributed by atoms with Gasteiger partial charge in [0.25, 0.3) is 5.91 Å². The van der Waals surface area contributed by atoms with E-state index in [0.717, 1.165) is 29.7 Å². The highest BCUT2D eigenvalue weighted by Gasteiger charge is 2.41. The summed E-state index contributed by atoms with van der Waals surface area (Å²) in [6.07, 6.45) is 3.30. The molecule has 0 aliphatic carbocycles. The molecule has 8 heteroatoms. The SMILES string of the molecule is O=C1c2c(O)c(=O)ccn2N([C@H]2c3ccccc3CSc3ccccc32)CN1[C@@H]1CCCOC1. The number of carbonyl (C=O) groups is 1. The molecule has 1 saturated heterocycles. The summed E-state index contributed by atoms with van der Waals surface area (Å²) in [6.45, 7) is 1.45. The molecule has 0 radical (unpaired) electrons. The molecule has 1 aromatic heterocycles. The maximum absolute atomic E-state index is 13.6. The number of benzene rings is 2. The van der Waals surface area contributed by atoms with Crippen LogP contribution in [0.3, 0.4) is 0 Å². The Hall–Kier alpha value is -3.23. The first-order valence-corrected chi connectivity index (χ1v) is 12.5. The third-order valence-corrected chi connectivity index (χ3v) is 8.05. The molecular formula is C26H25N3O4S. The van der Waals surface area contributed by atoms with Gasteiger partial charge in [-0.1, -0.05) is 42.5 Å². The van der Waals surface area contributed by atoms with Crippen molar-refractivity contribution in [1.29, 1.82) is 0 Å². The lowest BCUT2D eigenvalue weighted by Gasteiger charge is -2.47. The average molecular weight is 476 g/mol. The largest absolute Gasteiger partial charge is 0.502 e. The second-order valence-electron chi connectivity index (χ2n) is 8.88. The molecule has 1 fully saturated rings. The van der Waals surface area contributed by atoms with Crippen molar-refractivity contribution in [3.05, 3.63) is 93.4 Å². The van der Waals surface area contributed by atoms with Crippen LogP contribution in [0, 0.1) is 0 Å². The van der Waals surface area contributed by atoms with Crippen molar-refractivity contribution in [2.45, 2.75) is 35.6 Å². The van der Waals surface area contributed by atoms with Crippen molar-refractivity contribution in [3.63, 3.8) is 0 Å². The second-order valence-corrected chi connectivity index (χ2v) is 9.89. The zero-order valence-electron chi connectivity index (χ0n) is 18.6. The van der Waals surface area contributed by atoms with E-state index < -0.39 is 11.2 Å². The van der Waals surface area contributed by atoms with Crippen LogP contribution >= 0.6 is 11.8 Å². The van der Waals surface area contributed by atoms with Crippen molar-refractivity contribution < 1.29 is 14.6 Å². The van der Waals surface area contributed by atoms with Crippen LogP contribution in [0.5, 0.6) is 5.75 Å². The minimum absolute atomic E-state index is 0.0104. The molecule has 2 aromatic carbocycles. The van der Waals surface area contributed by atoms with Crippen LogP contribution in [0.15, 0.2) is 70.5 Å². The van der Waals surface area contributed by atoms with Crippen LogP contribution < -0.4 is 10.4 Å². The summed E-state index contributed by atoms with van der Waals surface area (Å²) >= 11 is 1.80. The highest BCUT2D eigenvalue weighted by atomic mass is 32.2. The normalized spacial score (nSPS) is 21.9. The summed E-state index contributed by atoms with van der Waals surface area (Å²) in [4.78, 5) is 28.9. The Morgan fingerprint density at radius 2 is 1.79 bits per heavy atom. The second kappa shape index (κ2) is 8.52. The average Bonchev–Trinajstić information content (AvgIpc) is 3.04. The lowest BCUT2D eigenvalue weighted by atomic mass is 9.94. The number of carbonyl (C=O) groups excluding carboxylic acids is 1. The number of amides is 1. The van der Waals surface area contributed by atoms with Crippen LogP contribution in [-0.4, -0.2) is 46.5 Å². The van der Waals surface area contributed by atoms with E-state index in [2.05, 4.69) is 35.3 Å². The van der Waals surface area contributed by atoms with Crippen LogP contribution in [0.4, 0.5) is 0 Å². The van der Waals surface area contributed by atoms with Crippen molar-refractivity contribution in [2.75, 3.05) is 24.9 Å². The van der Waals surface area contributed by atoms with E-state index in [0.29, 0.717) is 19.9 Å². The van der Waals surface area contributed by atoms with Crippen LogP contribution in [0.2, 0.25) is 0 Å². The molecule has 3 aliphatic rings. The molecule has 1 amide bonds. The van der Waals surface area contributed by atoms with Gasteiger partial charge < -0.3 is 14.7 Å². The number of fused-ring (bicyclic) bond motifs is 3. The molecule has 0 saturated carbocycles. The fraction of sp³-hybridized carbons (Fsp3) is 0.308. The molecule has 3 aromatic rings. The molecule has 0 spiro atoms. The molecule has 174 valence electrons. The van der Waals surface area contributed by atoms with E-state index in [1.807, 2.05) is 18.2 Å². The van der Waals surface area contributed by atoms with Gasteiger partial charge in [-0.25, -0.2) is 0 Å². The monoisotopic (exact) mass is 475 g/mol. The zero-order valence-corrected chi connectivity index (χ0v) is 19.4. The smallest absolute Gasteiger partial charge is 0.278 e. The van der Waals surface area contributed by atoms with E-state index in [1.165, 1.54) is 16.5 Å². The van der Waals surface area contributed by atoms with E-state index in [4.69, 9.17) is 4.74 Å². The van der Waals surface area contributed by atoms with Gasteiger partial charge in [-0.05, 0) is 35.6 Å². The third kappa shape index (κ3) is 3.40. The highest BCUT2D eigenvalue weighted by molar-refractivity contribution is 7.98. The standard InChI is InChI=1S/C26H25N3O4S/c30-21-11-12-28-24(25(21)31)26(32)27(18-7-5-13-33-14-18)16-29(28)23-19-8-2-1-6-17(19)15-34-22-10-4-3-9-20(22)23/h1-4,6,8-12,18,23,31H,5,7,13-16H2/t18-,23+/m1/s1. The number of ether oxygens (including phenoxy) is 1. The van der Waals surface area contributed by atoms with Crippen LogP contribution in [-0.2, 0) is 10.5 Å². The molecule has 2 atom stereocenters. The minimum Gasteiger partial charge on any atom is -0.502 e. The summed E-state index contributed by atoms with van der Waals surface area (Å²) in [6, 6.07) is 17.7. The van der Waals surface area contributed by atoms with Crippen molar-refractivity contribution in [3.8, 4) is 5.75 Å². The van der Waals surface area contributed by atoms with Crippen molar-refractivity contribution in [2.24, 2.45) is 0 Å². The predicted molar refractivity (Wildman–Crippen MR) is 130 cm³/mol. The fourth-order valence-corrected chi connectivity index (χ4v) is 6.32. The minimum atomic E-state index is -0.557. The van der Waals surface area contributed by atoms with E-state index in [9.17, 15) is 14.7 Å². The van der Waals surface area contributed by atoms with Crippen LogP contribution in [0.25, 0.3) is 0 Å². The van der Waals surface area contributed by atoms with Gasteiger partial charge in [-0.15, -0.1) is 11.8 Å². The Morgan fingerprint density at radius 3 is 2.62 bits per heavy atom. The highest BCUT2D eigenvalue weighted by Crippen LogP contribution is 2.43. The topological polar surface area (TPSA) is 75.0 Å². The van der Waals surface area contributed by atoms with Gasteiger partial charge in [0.2, 0.25) is 5.43 Å². The van der Waals surface area contributed by atoms with Gasteiger partial charge in [0.1, 0.15) is 6.67 Å². The lowest BCUT2D eigenvalue weighted by Crippen LogP contribution is -2.59. The Labute approximate surface area is 201 Å². The fourth-order valence-electron chi connectivity index (χ4n) is 5.23. The van der Waals surface area contributed by atoms with E-state index >= 15 is 0 Å². The number of aromatic nitrogens is 1. The van der Waals surface area contributed by atoms with Gasteiger partial charge in [-0.3, -0.25) is 19.3 Å². The first-order chi connectivity index (χ1) is 16.6. The van der Waals surface area contributed by atoms with Crippen molar-refractivity contribution >= 4 is 17.7 Å². The Morgan fingerprint density at radius 1 is 1.00 bits per heavy atom. The quantitative estimate of drug-likeness (QED) is 0.612. The van der Waals surface area contributed by atoms with E-state index in [-0.39, 0.29) is 23.7 Å². The van der Waals surface area contributed by atoms with Gasteiger partial charge in [0, 0.05) is 29.5 Å². The Bertz CT molecular complexity index is 1270. The first kappa shape index (κ1) is 21.3. The molecule has 0 bridgehead atoms. The number of hydrogen-bond donors (Lipinski definition) is 1. The van der Waals surface area contributed by atoms with Crippen molar-refractivity contribution in [1.82, 2.24) is 9.58 Å². The molecule has 3 aliphatic heterocycles. The summed E-state index contributed by atoms with van der Waals surface area (Å²) in [5.74, 6) is -0.00570. The molecule has 0 unspecified atom stereocenters. The van der Waals surface area contributed by atoms with Crippen LogP contribution in [0.1, 0.15) is 46.1 Å². The Balaban J connectivity index is 1.57. The predicted octanol–water partition coefficient (Wildman–Crippen LogP) is 3.48. The number of aromatic hydroxyl groups is 1. The van der Waals surface area contributed by atoms with E-state index in [1.54, 1.807) is 27.5 Å². The Kier molecular flexibility index (Phi) is 5.34. The third-order valence-electron chi connectivity index (χ3n) is 6.91. The molecule has 4 heterocycles. The number of rotatable bonds is 2. The molecular weight excluding hydrogens is 450 g/mol.